The van der Waals surface area contributed by atoms with Crippen molar-refractivity contribution in [2.75, 3.05) is 6.61 Å². The third-order valence-electron chi connectivity index (χ3n) is 3.14. The van der Waals surface area contributed by atoms with Gasteiger partial charge in [0.2, 0.25) is 0 Å². The fourth-order valence-electron chi connectivity index (χ4n) is 1.88. The van der Waals surface area contributed by atoms with Crippen molar-refractivity contribution in [1.82, 2.24) is 0 Å². The minimum absolute atomic E-state index is 0.178. The molecule has 5 heteroatoms. The van der Waals surface area contributed by atoms with Crippen molar-refractivity contribution in [1.29, 1.82) is 0 Å². The van der Waals surface area contributed by atoms with Crippen LogP contribution in [0.2, 0.25) is 0 Å². The molecule has 0 aliphatic heterocycles. The van der Waals surface area contributed by atoms with Gasteiger partial charge in [-0.1, -0.05) is 36.9 Å². The van der Waals surface area contributed by atoms with E-state index in [9.17, 15) is 9.59 Å². The van der Waals surface area contributed by atoms with Crippen molar-refractivity contribution < 1.29 is 23.8 Å². The SMILES string of the molecule is C=Cc1ccc(COC(=O)c2ccc(OC(=O)OCC)cc2)cc1. The topological polar surface area (TPSA) is 61.8 Å². The van der Waals surface area contributed by atoms with E-state index in [0.717, 1.165) is 11.1 Å². The van der Waals surface area contributed by atoms with E-state index in [0.29, 0.717) is 11.3 Å². The van der Waals surface area contributed by atoms with Gasteiger partial charge in [0.1, 0.15) is 12.4 Å². The molecule has 124 valence electrons. The van der Waals surface area contributed by atoms with Crippen molar-refractivity contribution in [3.8, 4) is 5.75 Å². The average Bonchev–Trinajstić information content (AvgIpc) is 2.61. The third kappa shape index (κ3) is 4.98. The summed E-state index contributed by atoms with van der Waals surface area (Å²) in [5.74, 6) is -0.157. The number of hydrogen-bond donors (Lipinski definition) is 0. The van der Waals surface area contributed by atoms with Crippen LogP contribution in [-0.4, -0.2) is 18.7 Å². The Morgan fingerprint density at radius 3 is 2.25 bits per heavy atom. The number of ether oxygens (including phenoxy) is 3. The molecule has 5 nitrogen and oxygen atoms in total. The highest BCUT2D eigenvalue weighted by atomic mass is 16.7. The second kappa shape index (κ2) is 8.53. The van der Waals surface area contributed by atoms with Gasteiger partial charge in [0, 0.05) is 0 Å². The first kappa shape index (κ1) is 17.3. The largest absolute Gasteiger partial charge is 0.513 e. The van der Waals surface area contributed by atoms with E-state index < -0.39 is 12.1 Å². The number of carbonyl (C=O) groups is 2. The Morgan fingerprint density at radius 1 is 1.00 bits per heavy atom. The van der Waals surface area contributed by atoms with Gasteiger partial charge < -0.3 is 14.2 Å². The summed E-state index contributed by atoms with van der Waals surface area (Å²) in [5.41, 5.74) is 2.26. The molecule has 0 amide bonds. The molecule has 0 aliphatic carbocycles. The van der Waals surface area contributed by atoms with Gasteiger partial charge in [-0.15, -0.1) is 0 Å². The zero-order valence-corrected chi connectivity index (χ0v) is 13.4. The molecule has 0 fully saturated rings. The minimum atomic E-state index is -0.782. The van der Waals surface area contributed by atoms with Crippen LogP contribution in [0.1, 0.15) is 28.4 Å². The quantitative estimate of drug-likeness (QED) is 0.587. The molecular weight excluding hydrogens is 308 g/mol. The molecular formula is C19H18O5. The molecule has 0 saturated carbocycles. The first-order valence-electron chi connectivity index (χ1n) is 7.45. The normalized spacial score (nSPS) is 9.88. The molecule has 2 rings (SSSR count). The van der Waals surface area contributed by atoms with Gasteiger partial charge >= 0.3 is 12.1 Å². The van der Waals surface area contributed by atoms with Gasteiger partial charge in [0.05, 0.1) is 12.2 Å². The van der Waals surface area contributed by atoms with E-state index in [1.807, 2.05) is 24.3 Å². The predicted molar refractivity (Wildman–Crippen MR) is 89.7 cm³/mol. The van der Waals surface area contributed by atoms with E-state index in [4.69, 9.17) is 9.47 Å². The Bertz CT molecular complexity index is 702. The molecule has 0 atom stereocenters. The van der Waals surface area contributed by atoms with Crippen LogP contribution in [0.25, 0.3) is 6.08 Å². The molecule has 0 N–H and O–H groups in total. The summed E-state index contributed by atoms with van der Waals surface area (Å²) < 4.78 is 14.8. The van der Waals surface area contributed by atoms with Crippen molar-refractivity contribution >= 4 is 18.2 Å². The summed E-state index contributed by atoms with van der Waals surface area (Å²) in [6, 6.07) is 13.6. The van der Waals surface area contributed by atoms with Crippen LogP contribution in [0.15, 0.2) is 55.1 Å². The first-order chi connectivity index (χ1) is 11.6. The first-order valence-corrected chi connectivity index (χ1v) is 7.45. The molecule has 0 radical (unpaired) electrons. The smallest absolute Gasteiger partial charge is 0.457 e. The van der Waals surface area contributed by atoms with Crippen LogP contribution in [-0.2, 0) is 16.1 Å². The highest BCUT2D eigenvalue weighted by molar-refractivity contribution is 5.89. The van der Waals surface area contributed by atoms with E-state index >= 15 is 0 Å². The molecule has 0 unspecified atom stereocenters. The summed E-state index contributed by atoms with van der Waals surface area (Å²) >= 11 is 0. The van der Waals surface area contributed by atoms with Crippen LogP contribution < -0.4 is 4.74 Å². The minimum Gasteiger partial charge on any atom is -0.457 e. The lowest BCUT2D eigenvalue weighted by Gasteiger charge is -2.07. The van der Waals surface area contributed by atoms with Gasteiger partial charge in [-0.2, -0.15) is 0 Å². The van der Waals surface area contributed by atoms with E-state index in [2.05, 4.69) is 11.3 Å². The molecule has 2 aromatic carbocycles. The molecule has 24 heavy (non-hydrogen) atoms. The molecule has 0 heterocycles. The molecule has 2 aromatic rings. The molecule has 0 aromatic heterocycles. The number of carbonyl (C=O) groups excluding carboxylic acids is 2. The zero-order chi connectivity index (χ0) is 17.4. The van der Waals surface area contributed by atoms with Crippen molar-refractivity contribution in [2.24, 2.45) is 0 Å². The Balaban J connectivity index is 1.89. The Labute approximate surface area is 140 Å². The monoisotopic (exact) mass is 326 g/mol. The summed E-state index contributed by atoms with van der Waals surface area (Å²) in [4.78, 5) is 23.2. The summed E-state index contributed by atoms with van der Waals surface area (Å²) in [6.45, 7) is 5.78. The van der Waals surface area contributed by atoms with Gasteiger partial charge in [-0.3, -0.25) is 0 Å². The second-order valence-electron chi connectivity index (χ2n) is 4.83. The summed E-state index contributed by atoms with van der Waals surface area (Å²) in [6.07, 6.45) is 0.964. The van der Waals surface area contributed by atoms with Gasteiger partial charge in [0.15, 0.2) is 0 Å². The van der Waals surface area contributed by atoms with E-state index in [1.165, 1.54) is 24.3 Å². The maximum absolute atomic E-state index is 12.0. The lowest BCUT2D eigenvalue weighted by Crippen LogP contribution is -2.10. The molecule has 0 aliphatic rings. The van der Waals surface area contributed by atoms with Crippen LogP contribution in [0, 0.1) is 0 Å². The van der Waals surface area contributed by atoms with Crippen LogP contribution in [0.5, 0.6) is 5.75 Å². The van der Waals surface area contributed by atoms with E-state index in [1.54, 1.807) is 13.0 Å². The van der Waals surface area contributed by atoms with Crippen LogP contribution in [0.4, 0.5) is 4.79 Å². The van der Waals surface area contributed by atoms with Crippen molar-refractivity contribution in [3.63, 3.8) is 0 Å². The maximum Gasteiger partial charge on any atom is 0.513 e. The van der Waals surface area contributed by atoms with Crippen LogP contribution in [0.3, 0.4) is 0 Å². The Morgan fingerprint density at radius 2 is 1.67 bits per heavy atom. The fraction of sp³-hybridized carbons (Fsp3) is 0.158. The van der Waals surface area contributed by atoms with Crippen LogP contribution >= 0.6 is 0 Å². The summed E-state index contributed by atoms with van der Waals surface area (Å²) in [5, 5.41) is 0. The van der Waals surface area contributed by atoms with Gasteiger partial charge in [-0.05, 0) is 42.3 Å². The fourth-order valence-corrected chi connectivity index (χ4v) is 1.88. The Kier molecular flexibility index (Phi) is 6.14. The average molecular weight is 326 g/mol. The standard InChI is InChI=1S/C19H18O5/c1-3-14-5-7-15(8-6-14)13-23-18(20)16-9-11-17(12-10-16)24-19(21)22-4-2/h3,5-12H,1,4,13H2,2H3. The number of hydrogen-bond acceptors (Lipinski definition) is 5. The highest BCUT2D eigenvalue weighted by Crippen LogP contribution is 2.14. The van der Waals surface area contributed by atoms with E-state index in [-0.39, 0.29) is 13.2 Å². The highest BCUT2D eigenvalue weighted by Gasteiger charge is 2.09. The summed E-state index contributed by atoms with van der Waals surface area (Å²) in [7, 11) is 0. The number of rotatable bonds is 6. The lowest BCUT2D eigenvalue weighted by molar-refractivity contribution is 0.0472. The Hall–Kier alpha value is -3.08. The number of benzene rings is 2. The third-order valence-corrected chi connectivity index (χ3v) is 3.14. The zero-order valence-electron chi connectivity index (χ0n) is 13.4. The molecule has 0 bridgehead atoms. The lowest BCUT2D eigenvalue weighted by atomic mass is 10.1. The second-order valence-corrected chi connectivity index (χ2v) is 4.83. The molecule has 0 spiro atoms. The predicted octanol–water partition coefficient (Wildman–Crippen LogP) is 4.22. The molecule has 0 saturated heterocycles. The van der Waals surface area contributed by atoms with Gasteiger partial charge in [0.25, 0.3) is 0 Å². The maximum atomic E-state index is 12.0. The number of esters is 1. The van der Waals surface area contributed by atoms with Gasteiger partial charge in [-0.25, -0.2) is 9.59 Å². The van der Waals surface area contributed by atoms with Crippen molar-refractivity contribution in [2.45, 2.75) is 13.5 Å². The van der Waals surface area contributed by atoms with Crippen molar-refractivity contribution in [3.05, 3.63) is 71.8 Å².